The number of carbonyl (C=O) groups excluding carboxylic acids is 2. The fourth-order valence-electron chi connectivity index (χ4n) is 3.55. The van der Waals surface area contributed by atoms with E-state index in [-0.39, 0.29) is 29.2 Å². The summed E-state index contributed by atoms with van der Waals surface area (Å²) in [6.45, 7) is 0.771. The van der Waals surface area contributed by atoms with Crippen LogP contribution >= 0.6 is 0 Å². The number of hydrogen-bond acceptors (Lipinski definition) is 6. The molecule has 0 spiro atoms. The van der Waals surface area contributed by atoms with Crippen LogP contribution in [0, 0.1) is 5.82 Å². The Morgan fingerprint density at radius 3 is 2.35 bits per heavy atom. The van der Waals surface area contributed by atoms with Crippen molar-refractivity contribution >= 4 is 17.4 Å². The molecular formula is C23H25FN2O5. The second-order valence-electron chi connectivity index (χ2n) is 7.41. The third-order valence-corrected chi connectivity index (χ3v) is 5.18. The predicted molar refractivity (Wildman–Crippen MR) is 114 cm³/mol. The maximum Gasteiger partial charge on any atom is 0.295 e. The molecule has 1 fully saturated rings. The Balaban J connectivity index is 2.18. The first kappa shape index (κ1) is 22.3. The van der Waals surface area contributed by atoms with Crippen molar-refractivity contribution in [2.24, 2.45) is 0 Å². The second-order valence-corrected chi connectivity index (χ2v) is 7.41. The molecule has 0 bridgehead atoms. The minimum atomic E-state index is -0.854. The Morgan fingerprint density at radius 1 is 1.10 bits per heavy atom. The van der Waals surface area contributed by atoms with Gasteiger partial charge in [-0.25, -0.2) is 4.39 Å². The van der Waals surface area contributed by atoms with Crippen molar-refractivity contribution in [1.82, 2.24) is 9.80 Å². The first-order valence-corrected chi connectivity index (χ1v) is 9.69. The maximum absolute atomic E-state index is 13.5. The molecular weight excluding hydrogens is 403 g/mol. The van der Waals surface area contributed by atoms with Gasteiger partial charge in [0.15, 0.2) is 0 Å². The normalized spacial score (nSPS) is 18.0. The zero-order valence-corrected chi connectivity index (χ0v) is 17.9. The number of methoxy groups -OCH3 is 2. The van der Waals surface area contributed by atoms with E-state index in [1.54, 1.807) is 18.2 Å². The highest BCUT2D eigenvalue weighted by atomic mass is 19.1. The lowest BCUT2D eigenvalue weighted by atomic mass is 9.95. The molecule has 0 aromatic heterocycles. The number of amides is 1. The van der Waals surface area contributed by atoms with Crippen LogP contribution in [0.2, 0.25) is 0 Å². The number of nitrogens with zero attached hydrogens (tertiary/aromatic N) is 2. The number of rotatable bonds is 7. The van der Waals surface area contributed by atoms with E-state index in [1.165, 1.54) is 43.4 Å². The molecule has 1 aliphatic heterocycles. The highest BCUT2D eigenvalue weighted by molar-refractivity contribution is 6.46. The number of aliphatic hydroxyl groups is 1. The van der Waals surface area contributed by atoms with Crippen LogP contribution in [0.5, 0.6) is 11.5 Å². The molecule has 7 nitrogen and oxygen atoms in total. The summed E-state index contributed by atoms with van der Waals surface area (Å²) in [5.74, 6) is -1.52. The molecule has 31 heavy (non-hydrogen) atoms. The summed E-state index contributed by atoms with van der Waals surface area (Å²) in [5.41, 5.74) is 0.702. The third-order valence-electron chi connectivity index (χ3n) is 5.18. The zero-order chi connectivity index (χ0) is 22.7. The smallest absolute Gasteiger partial charge is 0.295 e. The third kappa shape index (κ3) is 4.39. The number of halogens is 1. The molecule has 2 aromatic rings. The number of ketones is 1. The monoisotopic (exact) mass is 428 g/mol. The van der Waals surface area contributed by atoms with Gasteiger partial charge in [-0.05, 0) is 43.9 Å². The van der Waals surface area contributed by atoms with E-state index in [4.69, 9.17) is 9.47 Å². The van der Waals surface area contributed by atoms with Gasteiger partial charge in [0.25, 0.3) is 11.7 Å². The van der Waals surface area contributed by atoms with Gasteiger partial charge in [-0.2, -0.15) is 0 Å². The highest BCUT2D eigenvalue weighted by Gasteiger charge is 2.46. The average Bonchev–Trinajstić information content (AvgIpc) is 3.01. The Hall–Kier alpha value is -3.39. The first-order chi connectivity index (χ1) is 14.8. The molecule has 1 amide bonds. The van der Waals surface area contributed by atoms with Gasteiger partial charge in [-0.1, -0.05) is 12.1 Å². The van der Waals surface area contributed by atoms with Crippen molar-refractivity contribution in [3.8, 4) is 11.5 Å². The van der Waals surface area contributed by atoms with Crippen molar-refractivity contribution in [2.75, 3.05) is 41.4 Å². The lowest BCUT2D eigenvalue weighted by Gasteiger charge is -2.26. The van der Waals surface area contributed by atoms with Gasteiger partial charge < -0.3 is 24.4 Å². The van der Waals surface area contributed by atoms with Gasteiger partial charge in [0.05, 0.1) is 31.4 Å². The summed E-state index contributed by atoms with van der Waals surface area (Å²) in [6.07, 6.45) is 0. The van der Waals surface area contributed by atoms with Gasteiger partial charge in [0.1, 0.15) is 23.1 Å². The number of ether oxygens (including phenoxy) is 2. The standard InChI is InChI=1S/C23H25FN2O5/c1-25(2)11-12-26-20(14-5-7-15(24)8-6-14)19(22(28)23(26)29)21(27)17-10-9-16(30-3)13-18(17)31-4/h5-10,13,20,27H,11-12H2,1-4H3/b21-19+/t20-/m0/s1. The van der Waals surface area contributed by atoms with Crippen LogP contribution < -0.4 is 9.47 Å². The Kier molecular flexibility index (Phi) is 6.60. The molecule has 0 radical (unpaired) electrons. The topological polar surface area (TPSA) is 79.3 Å². The lowest BCUT2D eigenvalue weighted by molar-refractivity contribution is -0.140. The fourth-order valence-corrected chi connectivity index (χ4v) is 3.55. The van der Waals surface area contributed by atoms with Crippen LogP contribution in [0.3, 0.4) is 0 Å². The SMILES string of the molecule is COc1ccc(/C(O)=C2\C(=O)C(=O)N(CCN(C)C)[C@H]2c2ccc(F)cc2)c(OC)c1. The first-order valence-electron chi connectivity index (χ1n) is 9.69. The number of aliphatic hydroxyl groups excluding tert-OH is 1. The minimum absolute atomic E-state index is 0.0705. The molecule has 1 N–H and O–H groups in total. The van der Waals surface area contributed by atoms with Gasteiger partial charge in [0, 0.05) is 19.2 Å². The van der Waals surface area contributed by atoms with Crippen LogP contribution in [-0.2, 0) is 9.59 Å². The van der Waals surface area contributed by atoms with Gasteiger partial charge in [0.2, 0.25) is 0 Å². The summed E-state index contributed by atoms with van der Waals surface area (Å²) in [4.78, 5) is 29.1. The van der Waals surface area contributed by atoms with E-state index in [0.717, 1.165) is 0 Å². The summed E-state index contributed by atoms with van der Waals surface area (Å²) in [7, 11) is 6.63. The molecule has 3 rings (SSSR count). The number of likely N-dealkylation sites (N-methyl/N-ethyl adjacent to an activating group) is 1. The van der Waals surface area contributed by atoms with Gasteiger partial charge >= 0.3 is 0 Å². The van der Waals surface area contributed by atoms with Crippen LogP contribution in [0.25, 0.3) is 5.76 Å². The number of carbonyl (C=O) groups is 2. The zero-order valence-electron chi connectivity index (χ0n) is 17.9. The summed E-state index contributed by atoms with van der Waals surface area (Å²) in [5, 5.41) is 11.1. The quantitative estimate of drug-likeness (QED) is 0.415. The number of likely N-dealkylation sites (tertiary alicyclic amines) is 1. The molecule has 1 saturated heterocycles. The molecule has 8 heteroatoms. The van der Waals surface area contributed by atoms with E-state index >= 15 is 0 Å². The van der Waals surface area contributed by atoms with Crippen molar-refractivity contribution in [2.45, 2.75) is 6.04 Å². The molecule has 1 atom stereocenters. The van der Waals surface area contributed by atoms with Crippen molar-refractivity contribution in [3.63, 3.8) is 0 Å². The molecule has 1 heterocycles. The molecule has 0 unspecified atom stereocenters. The molecule has 164 valence electrons. The summed E-state index contributed by atoms with van der Waals surface area (Å²) >= 11 is 0. The Bertz CT molecular complexity index is 1020. The largest absolute Gasteiger partial charge is 0.507 e. The highest BCUT2D eigenvalue weighted by Crippen LogP contribution is 2.41. The number of benzene rings is 2. The number of Topliss-reactive ketones (excluding diaryl/α,β-unsaturated/α-hetero) is 1. The van der Waals surface area contributed by atoms with Crippen LogP contribution in [0.1, 0.15) is 17.2 Å². The average molecular weight is 428 g/mol. The molecule has 1 aliphatic rings. The summed E-state index contributed by atoms with van der Waals surface area (Å²) in [6, 6.07) is 9.43. The predicted octanol–water partition coefficient (Wildman–Crippen LogP) is 2.83. The number of hydrogen-bond donors (Lipinski definition) is 1. The van der Waals surface area contributed by atoms with Crippen LogP contribution in [0.15, 0.2) is 48.0 Å². The van der Waals surface area contributed by atoms with Gasteiger partial charge in [-0.15, -0.1) is 0 Å². The Morgan fingerprint density at radius 2 is 1.77 bits per heavy atom. The Labute approximate surface area is 180 Å². The van der Waals surface area contributed by atoms with Gasteiger partial charge in [-0.3, -0.25) is 9.59 Å². The molecule has 0 aliphatic carbocycles. The van der Waals surface area contributed by atoms with E-state index in [0.29, 0.717) is 17.9 Å². The van der Waals surface area contributed by atoms with E-state index < -0.39 is 23.5 Å². The van der Waals surface area contributed by atoms with E-state index in [1.807, 2.05) is 19.0 Å². The fraction of sp³-hybridized carbons (Fsp3) is 0.304. The minimum Gasteiger partial charge on any atom is -0.507 e. The molecule has 0 saturated carbocycles. The van der Waals surface area contributed by atoms with Crippen LogP contribution in [0.4, 0.5) is 4.39 Å². The van der Waals surface area contributed by atoms with Crippen molar-refractivity contribution in [1.29, 1.82) is 0 Å². The second kappa shape index (κ2) is 9.18. The molecule has 2 aromatic carbocycles. The van der Waals surface area contributed by atoms with E-state index in [2.05, 4.69) is 0 Å². The van der Waals surface area contributed by atoms with Crippen molar-refractivity contribution in [3.05, 3.63) is 65.0 Å². The van der Waals surface area contributed by atoms with E-state index in [9.17, 15) is 19.1 Å². The van der Waals surface area contributed by atoms with Crippen LogP contribution in [-0.4, -0.2) is 68.0 Å². The lowest BCUT2D eigenvalue weighted by Crippen LogP contribution is -2.35. The summed E-state index contributed by atoms with van der Waals surface area (Å²) < 4.78 is 24.1. The maximum atomic E-state index is 13.5. The van der Waals surface area contributed by atoms with Crippen molar-refractivity contribution < 1.29 is 28.6 Å².